The Kier molecular flexibility index (Phi) is 1.52. The van der Waals surface area contributed by atoms with Crippen LogP contribution in [0.25, 0.3) is 0 Å². The second-order valence-electron chi connectivity index (χ2n) is 2.76. The molecule has 3 unspecified atom stereocenters. The van der Waals surface area contributed by atoms with Crippen molar-refractivity contribution in [3.63, 3.8) is 0 Å². The Morgan fingerprint density at radius 2 is 2.25 bits per heavy atom. The molecular formula is C6H8N2O4. The first-order valence-corrected chi connectivity index (χ1v) is 3.60. The highest BCUT2D eigenvalue weighted by Crippen LogP contribution is 2.26. The number of epoxide rings is 1. The highest BCUT2D eigenvalue weighted by molar-refractivity contribution is 6.04. The summed E-state index contributed by atoms with van der Waals surface area (Å²) in [5, 5.41) is 13.1. The number of hydrogen-bond donors (Lipinski definition) is 3. The smallest absolute Gasteiger partial charge is 0.322 e. The van der Waals surface area contributed by atoms with Gasteiger partial charge in [-0.3, -0.25) is 10.1 Å². The summed E-state index contributed by atoms with van der Waals surface area (Å²) < 4.78 is 4.94. The highest BCUT2D eigenvalue weighted by atomic mass is 16.6. The Morgan fingerprint density at radius 1 is 1.50 bits per heavy atom. The second kappa shape index (κ2) is 2.43. The molecule has 0 aromatic heterocycles. The number of amides is 3. The Balaban J connectivity index is 1.98. The summed E-state index contributed by atoms with van der Waals surface area (Å²) in [6.07, 6.45) is -0.666. The van der Waals surface area contributed by atoms with Crippen molar-refractivity contribution in [2.75, 3.05) is 6.61 Å². The maximum absolute atomic E-state index is 11.0. The van der Waals surface area contributed by atoms with Gasteiger partial charge in [-0.25, -0.2) is 4.79 Å². The molecule has 0 radical (unpaired) electrons. The number of rotatable bonds is 2. The predicted octanol–water partition coefficient (Wildman–Crippen LogP) is -2.05. The van der Waals surface area contributed by atoms with E-state index in [9.17, 15) is 9.59 Å². The largest absolute Gasteiger partial charge is 0.394 e. The van der Waals surface area contributed by atoms with Crippen molar-refractivity contribution in [1.82, 2.24) is 10.6 Å². The zero-order valence-corrected chi connectivity index (χ0v) is 6.11. The number of hydrogen-bond acceptors (Lipinski definition) is 4. The van der Waals surface area contributed by atoms with Crippen LogP contribution < -0.4 is 10.6 Å². The van der Waals surface area contributed by atoms with E-state index in [1.165, 1.54) is 0 Å². The van der Waals surface area contributed by atoms with E-state index < -0.39 is 12.1 Å². The van der Waals surface area contributed by atoms with Crippen LogP contribution in [0.4, 0.5) is 4.79 Å². The second-order valence-corrected chi connectivity index (χ2v) is 2.76. The van der Waals surface area contributed by atoms with Crippen molar-refractivity contribution in [3.8, 4) is 0 Å². The molecule has 0 aliphatic carbocycles. The molecule has 0 spiro atoms. The van der Waals surface area contributed by atoms with Gasteiger partial charge in [0.1, 0.15) is 18.2 Å². The van der Waals surface area contributed by atoms with E-state index in [1.807, 2.05) is 0 Å². The number of ether oxygens (including phenoxy) is 1. The van der Waals surface area contributed by atoms with Crippen LogP contribution in [0.3, 0.4) is 0 Å². The molecule has 3 atom stereocenters. The van der Waals surface area contributed by atoms with E-state index in [0.717, 1.165) is 0 Å². The number of urea groups is 1. The summed E-state index contributed by atoms with van der Waals surface area (Å²) in [6.45, 7) is -0.121. The summed E-state index contributed by atoms with van der Waals surface area (Å²) >= 11 is 0. The van der Waals surface area contributed by atoms with Gasteiger partial charge in [0.25, 0.3) is 5.91 Å². The maximum atomic E-state index is 11.0. The van der Waals surface area contributed by atoms with Crippen molar-refractivity contribution in [1.29, 1.82) is 0 Å². The van der Waals surface area contributed by atoms with E-state index in [2.05, 4.69) is 10.6 Å². The first kappa shape index (κ1) is 7.51. The van der Waals surface area contributed by atoms with Crippen LogP contribution in [0.15, 0.2) is 0 Å². The molecular weight excluding hydrogens is 164 g/mol. The van der Waals surface area contributed by atoms with Crippen LogP contribution in [-0.4, -0.2) is 41.9 Å². The van der Waals surface area contributed by atoms with Gasteiger partial charge in [-0.05, 0) is 0 Å². The molecule has 3 N–H and O–H groups in total. The van der Waals surface area contributed by atoms with E-state index in [4.69, 9.17) is 9.84 Å². The minimum absolute atomic E-state index is 0.121. The summed E-state index contributed by atoms with van der Waals surface area (Å²) in [5.41, 5.74) is 0. The van der Waals surface area contributed by atoms with Gasteiger partial charge in [0, 0.05) is 0 Å². The minimum atomic E-state index is -0.630. The van der Waals surface area contributed by atoms with Gasteiger partial charge in [-0.1, -0.05) is 0 Å². The Bertz CT molecular complexity index is 242. The SMILES string of the molecule is O=C1NC(=O)C(C2OC2CO)N1. The molecule has 2 fully saturated rings. The number of aliphatic hydroxyl groups excluding tert-OH is 1. The van der Waals surface area contributed by atoms with Gasteiger partial charge in [-0.2, -0.15) is 0 Å². The van der Waals surface area contributed by atoms with Crippen molar-refractivity contribution >= 4 is 11.9 Å². The van der Waals surface area contributed by atoms with E-state index in [0.29, 0.717) is 0 Å². The van der Waals surface area contributed by atoms with E-state index >= 15 is 0 Å². The Hall–Kier alpha value is -1.14. The quantitative estimate of drug-likeness (QED) is 0.330. The van der Waals surface area contributed by atoms with Crippen LogP contribution in [0, 0.1) is 0 Å². The predicted molar refractivity (Wildman–Crippen MR) is 36.2 cm³/mol. The van der Waals surface area contributed by atoms with Crippen LogP contribution in [-0.2, 0) is 9.53 Å². The first-order chi connectivity index (χ1) is 5.72. The van der Waals surface area contributed by atoms with Crippen molar-refractivity contribution in [2.24, 2.45) is 0 Å². The number of carbonyl (C=O) groups excluding carboxylic acids is 2. The molecule has 12 heavy (non-hydrogen) atoms. The molecule has 2 aliphatic heterocycles. The first-order valence-electron chi connectivity index (χ1n) is 3.60. The lowest BCUT2D eigenvalue weighted by atomic mass is 10.1. The number of carbonyl (C=O) groups is 2. The van der Waals surface area contributed by atoms with Crippen molar-refractivity contribution in [3.05, 3.63) is 0 Å². The van der Waals surface area contributed by atoms with Crippen LogP contribution in [0.5, 0.6) is 0 Å². The normalized spacial score (nSPS) is 39.2. The number of nitrogens with one attached hydrogen (secondary N) is 2. The molecule has 0 saturated carbocycles. The van der Waals surface area contributed by atoms with E-state index in [-0.39, 0.29) is 24.7 Å². The van der Waals surface area contributed by atoms with Crippen LogP contribution in [0.1, 0.15) is 0 Å². The summed E-state index contributed by atoms with van der Waals surface area (Å²) in [6, 6.07) is -1.13. The maximum Gasteiger partial charge on any atom is 0.322 e. The summed E-state index contributed by atoms with van der Waals surface area (Å²) in [5.74, 6) is -0.388. The van der Waals surface area contributed by atoms with Gasteiger partial charge in [0.05, 0.1) is 6.61 Å². The average molecular weight is 172 g/mol. The third-order valence-electron chi connectivity index (χ3n) is 1.94. The topological polar surface area (TPSA) is 91.0 Å². The molecule has 6 heteroatoms. The fourth-order valence-corrected chi connectivity index (χ4v) is 1.26. The number of imide groups is 1. The molecule has 2 heterocycles. The zero-order valence-electron chi connectivity index (χ0n) is 6.11. The zero-order chi connectivity index (χ0) is 8.72. The average Bonchev–Trinajstić information content (AvgIpc) is 2.72. The Morgan fingerprint density at radius 3 is 2.67 bits per heavy atom. The molecule has 2 saturated heterocycles. The van der Waals surface area contributed by atoms with Crippen molar-refractivity contribution < 1.29 is 19.4 Å². The lowest BCUT2D eigenvalue weighted by Gasteiger charge is -2.00. The van der Waals surface area contributed by atoms with Crippen LogP contribution >= 0.6 is 0 Å². The molecule has 0 bridgehead atoms. The molecule has 66 valence electrons. The van der Waals surface area contributed by atoms with Crippen LogP contribution in [0.2, 0.25) is 0 Å². The van der Waals surface area contributed by atoms with Gasteiger partial charge in [0.15, 0.2) is 0 Å². The molecule has 0 aromatic rings. The molecule has 0 aromatic carbocycles. The molecule has 6 nitrogen and oxygen atoms in total. The third kappa shape index (κ3) is 1.05. The molecule has 3 amide bonds. The Labute approximate surface area is 67.9 Å². The van der Waals surface area contributed by atoms with Gasteiger partial charge < -0.3 is 15.2 Å². The molecule has 2 rings (SSSR count). The minimum Gasteiger partial charge on any atom is -0.394 e. The highest BCUT2D eigenvalue weighted by Gasteiger charge is 2.50. The lowest BCUT2D eigenvalue weighted by molar-refractivity contribution is -0.120. The fourth-order valence-electron chi connectivity index (χ4n) is 1.26. The standard InChI is InChI=1S/C6H8N2O4/c9-1-2-4(12-2)3-5(10)8-6(11)7-3/h2-4,9H,1H2,(H2,7,8,10,11). The van der Waals surface area contributed by atoms with Gasteiger partial charge in [0.2, 0.25) is 0 Å². The fraction of sp³-hybridized carbons (Fsp3) is 0.667. The number of aliphatic hydroxyl groups is 1. The lowest BCUT2D eigenvalue weighted by Crippen LogP contribution is -2.35. The van der Waals surface area contributed by atoms with E-state index in [1.54, 1.807) is 0 Å². The third-order valence-corrected chi connectivity index (χ3v) is 1.94. The van der Waals surface area contributed by atoms with Gasteiger partial charge >= 0.3 is 6.03 Å². The summed E-state index contributed by atoms with van der Waals surface area (Å²) in [7, 11) is 0. The molecule has 2 aliphatic rings. The van der Waals surface area contributed by atoms with Gasteiger partial charge in [-0.15, -0.1) is 0 Å². The monoisotopic (exact) mass is 172 g/mol. The van der Waals surface area contributed by atoms with Crippen molar-refractivity contribution in [2.45, 2.75) is 18.2 Å². The summed E-state index contributed by atoms with van der Waals surface area (Å²) in [4.78, 5) is 21.6.